The van der Waals surface area contributed by atoms with Crippen LogP contribution in [0.25, 0.3) is 0 Å². The van der Waals surface area contributed by atoms with Crippen LogP contribution >= 0.6 is 0 Å². The Bertz CT molecular complexity index is 445. The number of amidine groups is 1. The Morgan fingerprint density at radius 3 is 2.71 bits per heavy atom. The van der Waals surface area contributed by atoms with E-state index in [1.54, 1.807) is 0 Å². The van der Waals surface area contributed by atoms with Crippen LogP contribution in [0.3, 0.4) is 0 Å². The zero-order chi connectivity index (χ0) is 15.1. The lowest BCUT2D eigenvalue weighted by molar-refractivity contribution is 0.272. The van der Waals surface area contributed by atoms with E-state index >= 15 is 0 Å². The molecule has 5 heteroatoms. The molecule has 1 aromatic carbocycles. The average molecular weight is 290 g/mol. The molecule has 0 bridgehead atoms. The van der Waals surface area contributed by atoms with Gasteiger partial charge in [-0.1, -0.05) is 42.4 Å². The van der Waals surface area contributed by atoms with Gasteiger partial charge in [-0.05, 0) is 24.9 Å². The molecular weight excluding hydrogens is 264 g/mol. The highest BCUT2D eigenvalue weighted by Crippen LogP contribution is 2.26. The van der Waals surface area contributed by atoms with Crippen molar-refractivity contribution >= 4 is 5.84 Å². The largest absolute Gasteiger partial charge is 0.409 e. The minimum Gasteiger partial charge on any atom is -0.409 e. The predicted octanol–water partition coefficient (Wildman–Crippen LogP) is 1.94. The predicted molar refractivity (Wildman–Crippen MR) is 85.5 cm³/mol. The van der Waals surface area contributed by atoms with Crippen LogP contribution in [0.1, 0.15) is 37.8 Å². The molecule has 1 atom stereocenters. The Kier molecular flexibility index (Phi) is 6.02. The highest BCUT2D eigenvalue weighted by molar-refractivity contribution is 5.80. The first-order valence-electron chi connectivity index (χ1n) is 7.73. The molecule has 116 valence electrons. The fourth-order valence-corrected chi connectivity index (χ4v) is 2.66. The van der Waals surface area contributed by atoms with Gasteiger partial charge in [0.05, 0.1) is 0 Å². The van der Waals surface area contributed by atoms with Crippen molar-refractivity contribution in [2.45, 2.75) is 38.3 Å². The number of nitrogens with two attached hydrogens (primary N) is 1. The number of hydrogen-bond donors (Lipinski definition) is 3. The molecule has 0 amide bonds. The Morgan fingerprint density at radius 2 is 2.14 bits per heavy atom. The molecule has 1 aliphatic rings. The minimum absolute atomic E-state index is 0.0833. The maximum atomic E-state index is 8.79. The summed E-state index contributed by atoms with van der Waals surface area (Å²) in [5, 5.41) is 15.4. The normalized spacial score (nSPS) is 17.1. The monoisotopic (exact) mass is 290 g/mol. The fraction of sp³-hybridized carbons (Fsp3) is 0.562. The van der Waals surface area contributed by atoms with Gasteiger partial charge in [-0.25, -0.2) is 0 Å². The molecule has 1 saturated carbocycles. The molecule has 1 unspecified atom stereocenters. The van der Waals surface area contributed by atoms with Gasteiger partial charge in [0.1, 0.15) is 5.84 Å². The van der Waals surface area contributed by atoms with Crippen LogP contribution in [0, 0.1) is 0 Å². The summed E-state index contributed by atoms with van der Waals surface area (Å²) >= 11 is 0. The second-order valence-corrected chi connectivity index (χ2v) is 5.57. The summed E-state index contributed by atoms with van der Waals surface area (Å²) in [6, 6.07) is 11.0. The van der Waals surface area contributed by atoms with E-state index in [1.807, 2.05) is 18.2 Å². The van der Waals surface area contributed by atoms with Gasteiger partial charge in [0.15, 0.2) is 0 Å². The molecule has 5 nitrogen and oxygen atoms in total. The second-order valence-electron chi connectivity index (χ2n) is 5.57. The molecule has 1 aliphatic carbocycles. The zero-order valence-corrected chi connectivity index (χ0v) is 12.7. The van der Waals surface area contributed by atoms with Crippen LogP contribution in [0.4, 0.5) is 0 Å². The standard InChI is InChI=1S/C16H26N4O/c1-2-20(14-8-9-14)11-10-18-15(12-16(17)19-21)13-6-4-3-5-7-13/h3-7,14-15,18,21H,2,8-12H2,1H3,(H2,17,19). The number of nitrogens with one attached hydrogen (secondary N) is 1. The van der Waals surface area contributed by atoms with Crippen LogP contribution in [0.15, 0.2) is 35.5 Å². The first-order chi connectivity index (χ1) is 10.2. The molecule has 0 radical (unpaired) electrons. The first-order valence-corrected chi connectivity index (χ1v) is 7.73. The van der Waals surface area contributed by atoms with Crippen molar-refractivity contribution in [1.82, 2.24) is 10.2 Å². The van der Waals surface area contributed by atoms with Gasteiger partial charge in [0, 0.05) is 31.6 Å². The highest BCUT2D eigenvalue weighted by atomic mass is 16.4. The number of hydrogen-bond acceptors (Lipinski definition) is 4. The SMILES string of the molecule is CCN(CCNC(C/C(N)=N/O)c1ccccc1)C1CC1. The summed E-state index contributed by atoms with van der Waals surface area (Å²) in [7, 11) is 0. The highest BCUT2D eigenvalue weighted by Gasteiger charge is 2.27. The van der Waals surface area contributed by atoms with Crippen LogP contribution < -0.4 is 11.1 Å². The fourth-order valence-electron chi connectivity index (χ4n) is 2.66. The van der Waals surface area contributed by atoms with Crippen LogP contribution in [-0.4, -0.2) is 41.6 Å². The smallest absolute Gasteiger partial charge is 0.141 e. The third kappa shape index (κ3) is 5.02. The Labute approximate surface area is 126 Å². The maximum absolute atomic E-state index is 8.79. The van der Waals surface area contributed by atoms with Crippen LogP contribution in [0.2, 0.25) is 0 Å². The molecular formula is C16H26N4O. The summed E-state index contributed by atoms with van der Waals surface area (Å²) < 4.78 is 0. The molecule has 0 spiro atoms. The second kappa shape index (κ2) is 8.00. The Balaban J connectivity index is 1.89. The molecule has 0 saturated heterocycles. The van der Waals surface area contributed by atoms with Crippen molar-refractivity contribution in [2.24, 2.45) is 10.9 Å². The molecule has 2 rings (SSSR count). The quantitative estimate of drug-likeness (QED) is 0.281. The van der Waals surface area contributed by atoms with Crippen molar-refractivity contribution in [2.75, 3.05) is 19.6 Å². The van der Waals surface area contributed by atoms with Crippen molar-refractivity contribution in [1.29, 1.82) is 0 Å². The number of benzene rings is 1. The lowest BCUT2D eigenvalue weighted by Crippen LogP contribution is -2.36. The maximum Gasteiger partial charge on any atom is 0.141 e. The molecule has 0 heterocycles. The topological polar surface area (TPSA) is 73.9 Å². The average Bonchev–Trinajstić information content (AvgIpc) is 3.35. The summed E-state index contributed by atoms with van der Waals surface area (Å²) in [5.74, 6) is 0.255. The molecule has 1 aromatic rings. The summed E-state index contributed by atoms with van der Waals surface area (Å²) in [6.07, 6.45) is 3.18. The molecule has 1 fully saturated rings. The Morgan fingerprint density at radius 1 is 1.43 bits per heavy atom. The van der Waals surface area contributed by atoms with Crippen molar-refractivity contribution in [3.05, 3.63) is 35.9 Å². The number of likely N-dealkylation sites (N-methyl/N-ethyl adjacent to an activating group) is 1. The van der Waals surface area contributed by atoms with E-state index in [-0.39, 0.29) is 11.9 Å². The van der Waals surface area contributed by atoms with Gasteiger partial charge in [0.2, 0.25) is 0 Å². The Hall–Kier alpha value is -1.59. The van der Waals surface area contributed by atoms with E-state index < -0.39 is 0 Å². The summed E-state index contributed by atoms with van der Waals surface area (Å²) in [5.41, 5.74) is 6.84. The van der Waals surface area contributed by atoms with Crippen molar-refractivity contribution < 1.29 is 5.21 Å². The number of oxime groups is 1. The van der Waals surface area contributed by atoms with Gasteiger partial charge >= 0.3 is 0 Å². The zero-order valence-electron chi connectivity index (χ0n) is 12.7. The van der Waals surface area contributed by atoms with Gasteiger partial charge in [-0.15, -0.1) is 0 Å². The molecule has 0 aliphatic heterocycles. The summed E-state index contributed by atoms with van der Waals surface area (Å²) in [6.45, 7) is 5.26. The summed E-state index contributed by atoms with van der Waals surface area (Å²) in [4.78, 5) is 2.51. The van der Waals surface area contributed by atoms with E-state index in [2.05, 4.69) is 34.4 Å². The van der Waals surface area contributed by atoms with Crippen LogP contribution in [0.5, 0.6) is 0 Å². The lowest BCUT2D eigenvalue weighted by Gasteiger charge is -2.23. The van der Waals surface area contributed by atoms with Gasteiger partial charge in [-0.2, -0.15) is 0 Å². The van der Waals surface area contributed by atoms with E-state index in [0.29, 0.717) is 6.42 Å². The minimum atomic E-state index is 0.0833. The molecule has 4 N–H and O–H groups in total. The third-order valence-corrected chi connectivity index (χ3v) is 4.00. The van der Waals surface area contributed by atoms with E-state index in [9.17, 15) is 0 Å². The lowest BCUT2D eigenvalue weighted by atomic mass is 10.0. The molecule has 0 aromatic heterocycles. The van der Waals surface area contributed by atoms with Gasteiger partial charge < -0.3 is 16.3 Å². The third-order valence-electron chi connectivity index (χ3n) is 4.00. The first kappa shape index (κ1) is 15.8. The van der Waals surface area contributed by atoms with E-state index in [1.165, 1.54) is 18.4 Å². The number of nitrogens with zero attached hydrogens (tertiary/aromatic N) is 2. The van der Waals surface area contributed by atoms with Crippen LogP contribution in [-0.2, 0) is 0 Å². The van der Waals surface area contributed by atoms with Crippen molar-refractivity contribution in [3.8, 4) is 0 Å². The van der Waals surface area contributed by atoms with Crippen molar-refractivity contribution in [3.63, 3.8) is 0 Å². The van der Waals surface area contributed by atoms with Gasteiger partial charge in [0.25, 0.3) is 0 Å². The number of rotatable bonds is 9. The van der Waals surface area contributed by atoms with E-state index in [0.717, 1.165) is 25.7 Å². The van der Waals surface area contributed by atoms with E-state index in [4.69, 9.17) is 10.9 Å². The molecule has 21 heavy (non-hydrogen) atoms. The van der Waals surface area contributed by atoms with Gasteiger partial charge in [-0.3, -0.25) is 4.90 Å².